The van der Waals surface area contributed by atoms with Crippen LogP contribution in [0.25, 0.3) is 0 Å². The number of carbonyl (C=O) groups excluding carboxylic acids is 1. The molecule has 0 fully saturated rings. The molecule has 1 heterocycles. The zero-order valence-electron chi connectivity index (χ0n) is 7.00. The van der Waals surface area contributed by atoms with Gasteiger partial charge in [-0.15, -0.1) is 0 Å². The molecule has 0 bridgehead atoms. The van der Waals surface area contributed by atoms with Gasteiger partial charge < -0.3 is 14.6 Å². The number of rotatable bonds is 4. The van der Waals surface area contributed by atoms with Crippen LogP contribution in [-0.2, 0) is 14.3 Å². The summed E-state index contributed by atoms with van der Waals surface area (Å²) in [5, 5.41) is 8.74. The lowest BCUT2D eigenvalue weighted by atomic mass is 10.3. The van der Waals surface area contributed by atoms with Gasteiger partial charge in [-0.2, -0.15) is 0 Å². The van der Waals surface area contributed by atoms with Gasteiger partial charge in [-0.3, -0.25) is 4.79 Å². The van der Waals surface area contributed by atoms with Crippen LogP contribution in [0.5, 0.6) is 0 Å². The highest BCUT2D eigenvalue weighted by Gasteiger charge is 2.24. The minimum atomic E-state index is -0.356. The van der Waals surface area contributed by atoms with Crippen molar-refractivity contribution in [1.82, 2.24) is 0 Å². The smallest absolute Gasteiger partial charge is 0.318 e. The molecular weight excluding hydrogens is 160 g/mol. The van der Waals surface area contributed by atoms with Crippen molar-refractivity contribution >= 4 is 5.97 Å². The maximum absolute atomic E-state index is 10.7. The maximum atomic E-state index is 10.7. The highest BCUT2D eigenvalue weighted by atomic mass is 16.6. The van der Waals surface area contributed by atoms with Crippen molar-refractivity contribution < 1.29 is 19.4 Å². The van der Waals surface area contributed by atoms with Crippen LogP contribution in [0.2, 0.25) is 0 Å². The van der Waals surface area contributed by atoms with Gasteiger partial charge in [-0.05, 0) is 6.42 Å². The highest BCUT2D eigenvalue weighted by molar-refractivity contribution is 5.76. The van der Waals surface area contributed by atoms with Crippen LogP contribution < -0.4 is 0 Å². The topological polar surface area (TPSA) is 55.8 Å². The van der Waals surface area contributed by atoms with E-state index in [4.69, 9.17) is 9.84 Å². The van der Waals surface area contributed by atoms with Crippen LogP contribution in [0, 0.1) is 0 Å². The fourth-order valence-corrected chi connectivity index (χ4v) is 0.937. The Bertz CT molecular complexity index is 207. The van der Waals surface area contributed by atoms with E-state index >= 15 is 0 Å². The summed E-state index contributed by atoms with van der Waals surface area (Å²) >= 11 is 0. The zero-order chi connectivity index (χ0) is 8.97. The van der Waals surface area contributed by atoms with Crippen LogP contribution in [0.4, 0.5) is 0 Å². The third kappa shape index (κ3) is 1.98. The Kier molecular flexibility index (Phi) is 3.10. The fraction of sp³-hybridized carbons (Fsp3) is 0.625. The molecule has 4 heteroatoms. The van der Waals surface area contributed by atoms with Gasteiger partial charge >= 0.3 is 5.97 Å². The Hall–Kier alpha value is -1.03. The third-order valence-corrected chi connectivity index (χ3v) is 1.48. The standard InChI is InChI=1S/C8H12O4/c1-2-3-11-6-4-8(10)12-7(6)5-9/h9H,2-5H2,1H3. The van der Waals surface area contributed by atoms with Crippen molar-refractivity contribution in [3.05, 3.63) is 11.5 Å². The van der Waals surface area contributed by atoms with E-state index in [2.05, 4.69) is 4.74 Å². The largest absolute Gasteiger partial charge is 0.494 e. The summed E-state index contributed by atoms with van der Waals surface area (Å²) < 4.78 is 9.89. The molecule has 68 valence electrons. The maximum Gasteiger partial charge on any atom is 0.318 e. The van der Waals surface area contributed by atoms with Crippen LogP contribution >= 0.6 is 0 Å². The number of aliphatic hydroxyl groups excluding tert-OH is 1. The summed E-state index contributed by atoms with van der Waals surface area (Å²) in [6.07, 6.45) is 1.02. The summed E-state index contributed by atoms with van der Waals surface area (Å²) in [5.41, 5.74) is 0. The molecule has 1 aliphatic heterocycles. The van der Waals surface area contributed by atoms with E-state index in [1.54, 1.807) is 0 Å². The van der Waals surface area contributed by atoms with Gasteiger partial charge in [0.2, 0.25) is 0 Å². The molecule has 1 N–H and O–H groups in total. The average molecular weight is 172 g/mol. The SMILES string of the molecule is CCCOC1=C(CO)OC(=O)C1. The molecule has 0 saturated carbocycles. The van der Waals surface area contributed by atoms with Crippen molar-refractivity contribution in [2.75, 3.05) is 13.2 Å². The molecule has 0 aliphatic carbocycles. The number of carbonyl (C=O) groups is 1. The molecule has 0 aromatic carbocycles. The molecule has 0 radical (unpaired) electrons. The van der Waals surface area contributed by atoms with Crippen molar-refractivity contribution in [3.8, 4) is 0 Å². The first-order valence-corrected chi connectivity index (χ1v) is 3.94. The van der Waals surface area contributed by atoms with Crippen LogP contribution in [-0.4, -0.2) is 24.3 Å². The molecule has 4 nitrogen and oxygen atoms in total. The van der Waals surface area contributed by atoms with E-state index in [1.165, 1.54) is 0 Å². The molecule has 0 saturated heterocycles. The van der Waals surface area contributed by atoms with E-state index in [1.807, 2.05) is 6.92 Å². The highest BCUT2D eigenvalue weighted by Crippen LogP contribution is 2.20. The number of cyclic esters (lactones) is 1. The zero-order valence-corrected chi connectivity index (χ0v) is 7.00. The lowest BCUT2D eigenvalue weighted by Crippen LogP contribution is -1.97. The van der Waals surface area contributed by atoms with Gasteiger partial charge in [0.1, 0.15) is 18.8 Å². The molecule has 0 aromatic heterocycles. The van der Waals surface area contributed by atoms with Crippen LogP contribution in [0.3, 0.4) is 0 Å². The second-order valence-electron chi connectivity index (χ2n) is 2.50. The Morgan fingerprint density at radius 3 is 3.00 bits per heavy atom. The molecule has 0 atom stereocenters. The molecule has 1 aliphatic rings. The summed E-state index contributed by atoms with van der Waals surface area (Å²) in [6, 6.07) is 0. The normalized spacial score (nSPS) is 16.7. The van der Waals surface area contributed by atoms with Gasteiger partial charge in [0, 0.05) is 0 Å². The van der Waals surface area contributed by atoms with Gasteiger partial charge in [-0.25, -0.2) is 0 Å². The molecule has 0 aromatic rings. The Labute approximate surface area is 70.8 Å². The van der Waals surface area contributed by atoms with Crippen LogP contribution in [0.15, 0.2) is 11.5 Å². The minimum Gasteiger partial charge on any atom is -0.494 e. The molecule has 0 unspecified atom stereocenters. The van der Waals surface area contributed by atoms with Gasteiger partial charge in [0.15, 0.2) is 5.76 Å². The number of ether oxygens (including phenoxy) is 2. The minimum absolute atomic E-state index is 0.149. The first kappa shape index (κ1) is 9.06. The predicted octanol–water partition coefficient (Wildman–Crippen LogP) is 0.564. The van der Waals surface area contributed by atoms with E-state index in [0.717, 1.165) is 6.42 Å². The van der Waals surface area contributed by atoms with Crippen molar-refractivity contribution in [1.29, 1.82) is 0 Å². The number of aliphatic hydroxyl groups is 1. The number of esters is 1. The number of hydrogen-bond donors (Lipinski definition) is 1. The van der Waals surface area contributed by atoms with E-state index in [-0.39, 0.29) is 24.8 Å². The molecule has 1 rings (SSSR count). The van der Waals surface area contributed by atoms with Crippen molar-refractivity contribution in [2.45, 2.75) is 19.8 Å². The predicted molar refractivity (Wildman–Crippen MR) is 41.1 cm³/mol. The summed E-state index contributed by atoms with van der Waals surface area (Å²) in [4.78, 5) is 10.7. The quantitative estimate of drug-likeness (QED) is 0.629. The van der Waals surface area contributed by atoms with Gasteiger partial charge in [-0.1, -0.05) is 6.92 Å². The second-order valence-corrected chi connectivity index (χ2v) is 2.50. The fourth-order valence-electron chi connectivity index (χ4n) is 0.937. The Balaban J connectivity index is 2.52. The van der Waals surface area contributed by atoms with Gasteiger partial charge in [0.25, 0.3) is 0 Å². The van der Waals surface area contributed by atoms with Gasteiger partial charge in [0.05, 0.1) is 6.61 Å². The third-order valence-electron chi connectivity index (χ3n) is 1.48. The lowest BCUT2D eigenvalue weighted by molar-refractivity contribution is -0.137. The first-order valence-electron chi connectivity index (χ1n) is 3.94. The van der Waals surface area contributed by atoms with Crippen molar-refractivity contribution in [2.24, 2.45) is 0 Å². The molecule has 12 heavy (non-hydrogen) atoms. The average Bonchev–Trinajstić information content (AvgIpc) is 2.42. The van der Waals surface area contributed by atoms with Crippen molar-refractivity contribution in [3.63, 3.8) is 0 Å². The lowest BCUT2D eigenvalue weighted by Gasteiger charge is -2.03. The molecule has 0 spiro atoms. The summed E-state index contributed by atoms with van der Waals surface area (Å²) in [5.74, 6) is 0.378. The van der Waals surface area contributed by atoms with E-state index in [0.29, 0.717) is 12.4 Å². The Morgan fingerprint density at radius 2 is 2.42 bits per heavy atom. The first-order chi connectivity index (χ1) is 5.77. The second kappa shape index (κ2) is 4.11. The molecular formula is C8H12O4. The summed E-state index contributed by atoms with van der Waals surface area (Å²) in [6.45, 7) is 2.25. The van der Waals surface area contributed by atoms with E-state index in [9.17, 15) is 4.79 Å². The van der Waals surface area contributed by atoms with Crippen LogP contribution in [0.1, 0.15) is 19.8 Å². The summed E-state index contributed by atoms with van der Waals surface area (Å²) in [7, 11) is 0. The number of hydrogen-bond acceptors (Lipinski definition) is 4. The van der Waals surface area contributed by atoms with E-state index < -0.39 is 0 Å². The monoisotopic (exact) mass is 172 g/mol. The molecule has 0 amide bonds. The Morgan fingerprint density at radius 1 is 1.67 bits per heavy atom.